The first kappa shape index (κ1) is 44.9. The predicted molar refractivity (Wildman–Crippen MR) is 231 cm³/mol. The molecule has 2 aromatic carbocycles. The summed E-state index contributed by atoms with van der Waals surface area (Å²) in [6.45, 7) is 16.4. The predicted octanol–water partition coefficient (Wildman–Crippen LogP) is 8.12. The number of imidazole rings is 2. The Balaban J connectivity index is 1.18. The van der Waals surface area contributed by atoms with Crippen molar-refractivity contribution in [3.63, 3.8) is 0 Å². The number of benzene rings is 2. The van der Waals surface area contributed by atoms with Gasteiger partial charge in [0, 0.05) is 29.8 Å². The molecule has 3 aliphatic rings. The molecule has 16 heteroatoms. The van der Waals surface area contributed by atoms with Crippen molar-refractivity contribution in [2.24, 2.45) is 0 Å². The molecule has 2 amide bonds. The number of aromatic nitrogens is 4. The van der Waals surface area contributed by atoms with E-state index in [0.29, 0.717) is 102 Å². The third-order valence-electron chi connectivity index (χ3n) is 10.5. The highest BCUT2D eigenvalue weighted by Gasteiger charge is 2.36. The molecule has 62 heavy (non-hydrogen) atoms. The van der Waals surface area contributed by atoms with Gasteiger partial charge in [-0.25, -0.2) is 19.6 Å². The van der Waals surface area contributed by atoms with Gasteiger partial charge >= 0.3 is 12.2 Å². The summed E-state index contributed by atoms with van der Waals surface area (Å²) < 4.78 is 47.3. The molecular formula is C46H62N6O10. The van der Waals surface area contributed by atoms with Gasteiger partial charge in [0.25, 0.3) is 0 Å². The third-order valence-corrected chi connectivity index (χ3v) is 10.5. The number of hydrogen-bond acceptors (Lipinski definition) is 12. The van der Waals surface area contributed by atoms with Crippen LogP contribution in [-0.4, -0.2) is 132 Å². The largest absolute Gasteiger partial charge is 0.491 e. The van der Waals surface area contributed by atoms with E-state index in [2.05, 4.69) is 9.97 Å². The molecule has 3 aliphatic heterocycles. The number of likely N-dealkylation sites (tertiary alicyclic amines) is 2. The minimum atomic E-state index is -0.602. The zero-order valence-corrected chi connectivity index (χ0v) is 37.0. The second-order valence-electron chi connectivity index (χ2n) is 17.6. The topological polar surface area (TPSA) is 172 Å². The lowest BCUT2D eigenvalue weighted by Crippen LogP contribution is -2.36. The van der Waals surface area contributed by atoms with Gasteiger partial charge in [-0.3, -0.25) is 9.80 Å². The maximum absolute atomic E-state index is 13.1. The van der Waals surface area contributed by atoms with E-state index in [-0.39, 0.29) is 24.3 Å². The van der Waals surface area contributed by atoms with Gasteiger partial charge in [-0.15, -0.1) is 0 Å². The number of amides is 2. The average molecular weight is 859 g/mol. The Morgan fingerprint density at radius 2 is 1.00 bits per heavy atom. The van der Waals surface area contributed by atoms with E-state index in [1.54, 1.807) is 22.2 Å². The summed E-state index contributed by atoms with van der Waals surface area (Å²) in [7, 11) is 0. The van der Waals surface area contributed by atoms with Crippen LogP contribution in [0.4, 0.5) is 9.59 Å². The standard InChI is InChI=1S/C46H62N6O10/c1-45(2,3)61-43(53)51-15-7-9-37(51)41-47-29-35(49-41)32-12-13-33-31-11-14-34(36-30-48-42(50-36)38-10-8-16-52(38)44(54)62-46(4,5)6)40(27-31)60-26-24-58-22-20-56-18-17-55-19-21-57-23-25-59-39(33)28-32/h11-14,27-30,37-38H,7-10,15-26H2,1-6H3,(H,47,49)(H,48,50)/t37-,38-/m0/s1. The van der Waals surface area contributed by atoms with Gasteiger partial charge in [0.2, 0.25) is 0 Å². The van der Waals surface area contributed by atoms with E-state index in [4.69, 9.17) is 47.9 Å². The molecule has 0 saturated carbocycles. The number of carbonyl (C=O) groups is 2. The first-order chi connectivity index (χ1) is 29.8. The smallest absolute Gasteiger partial charge is 0.410 e. The van der Waals surface area contributed by atoms with E-state index in [1.165, 1.54) is 0 Å². The highest BCUT2D eigenvalue weighted by atomic mass is 16.6. The fourth-order valence-corrected chi connectivity index (χ4v) is 7.74. The molecule has 4 aromatic rings. The molecule has 2 fully saturated rings. The molecule has 0 spiro atoms. The summed E-state index contributed by atoms with van der Waals surface area (Å²) in [6, 6.07) is 11.6. The molecule has 7 rings (SSSR count). The summed E-state index contributed by atoms with van der Waals surface area (Å²) in [6.07, 6.45) is 6.17. The number of aromatic amines is 2. The third kappa shape index (κ3) is 11.8. The summed E-state index contributed by atoms with van der Waals surface area (Å²) in [5.74, 6) is 2.67. The molecule has 0 radical (unpaired) electrons. The lowest BCUT2D eigenvalue weighted by Gasteiger charge is -2.27. The summed E-state index contributed by atoms with van der Waals surface area (Å²) in [5, 5.41) is 0. The van der Waals surface area contributed by atoms with Gasteiger partial charge < -0.3 is 47.9 Å². The van der Waals surface area contributed by atoms with E-state index in [9.17, 15) is 9.59 Å². The molecule has 2 atom stereocenters. The van der Waals surface area contributed by atoms with E-state index in [1.807, 2.05) is 77.9 Å². The summed E-state index contributed by atoms with van der Waals surface area (Å²) in [4.78, 5) is 46.2. The van der Waals surface area contributed by atoms with Crippen molar-refractivity contribution in [1.82, 2.24) is 29.7 Å². The second kappa shape index (κ2) is 20.4. The molecule has 336 valence electrons. The Morgan fingerprint density at radius 1 is 0.581 bits per heavy atom. The van der Waals surface area contributed by atoms with Crippen molar-refractivity contribution in [2.75, 3.05) is 79.2 Å². The Morgan fingerprint density at radius 3 is 1.52 bits per heavy atom. The Bertz CT molecular complexity index is 2110. The number of nitrogens with one attached hydrogen (secondary N) is 2. The van der Waals surface area contributed by atoms with Gasteiger partial charge in [0.15, 0.2) is 0 Å². The Hall–Kier alpha value is -5.16. The number of fused-ring (bicyclic) bond motifs is 4. The highest BCUT2D eigenvalue weighted by Crippen LogP contribution is 2.41. The average Bonchev–Trinajstić information content (AvgIpc) is 4.06. The van der Waals surface area contributed by atoms with Gasteiger partial charge in [0.05, 0.1) is 88.7 Å². The van der Waals surface area contributed by atoms with Crippen molar-refractivity contribution in [1.29, 1.82) is 0 Å². The second-order valence-corrected chi connectivity index (χ2v) is 17.6. The van der Waals surface area contributed by atoms with Crippen LogP contribution in [0.2, 0.25) is 0 Å². The van der Waals surface area contributed by atoms with Crippen LogP contribution >= 0.6 is 0 Å². The molecule has 0 unspecified atom stereocenters. The SMILES string of the molecule is CC(C)(C)OC(=O)N1CCC[C@H]1c1ncc(-c2ccc3c(c2)OCCOCCOCCOCCOCCOc2cc-3ccc2-c2cnc([C@@H]3CCCN3C(=O)OC(C)(C)C)[nH]2)[nH]1. The van der Waals surface area contributed by atoms with E-state index in [0.717, 1.165) is 59.3 Å². The molecule has 0 aliphatic carbocycles. The molecule has 2 N–H and O–H groups in total. The minimum Gasteiger partial charge on any atom is -0.491 e. The van der Waals surface area contributed by atoms with Crippen LogP contribution in [0.1, 0.15) is 91.0 Å². The maximum atomic E-state index is 13.1. The van der Waals surface area contributed by atoms with Gasteiger partial charge in [-0.2, -0.15) is 0 Å². The van der Waals surface area contributed by atoms with Crippen molar-refractivity contribution in [3.8, 4) is 45.1 Å². The Labute approximate surface area is 363 Å². The first-order valence-corrected chi connectivity index (χ1v) is 21.8. The van der Waals surface area contributed by atoms with Gasteiger partial charge in [-0.05, 0) is 97.1 Å². The first-order valence-electron chi connectivity index (χ1n) is 21.8. The number of ether oxygens (including phenoxy) is 8. The van der Waals surface area contributed by atoms with Crippen molar-refractivity contribution < 1.29 is 47.5 Å². The van der Waals surface area contributed by atoms with Gasteiger partial charge in [0.1, 0.15) is 47.6 Å². The maximum Gasteiger partial charge on any atom is 0.410 e. The van der Waals surface area contributed by atoms with Crippen LogP contribution in [0.25, 0.3) is 33.6 Å². The monoisotopic (exact) mass is 858 g/mol. The molecule has 5 heterocycles. The molecular weight excluding hydrogens is 797 g/mol. The number of rotatable bonds is 4. The van der Waals surface area contributed by atoms with Crippen LogP contribution < -0.4 is 9.47 Å². The van der Waals surface area contributed by atoms with Crippen LogP contribution in [0.5, 0.6) is 11.5 Å². The fraction of sp³-hybridized carbons (Fsp3) is 0.565. The zero-order chi connectivity index (χ0) is 43.7. The zero-order valence-electron chi connectivity index (χ0n) is 37.0. The normalized spacial score (nSPS) is 20.1. The fourth-order valence-electron chi connectivity index (χ4n) is 7.74. The van der Waals surface area contributed by atoms with Crippen molar-refractivity contribution >= 4 is 12.2 Å². The lowest BCUT2D eigenvalue weighted by molar-refractivity contribution is -0.00693. The number of H-pyrrole nitrogens is 2. The van der Waals surface area contributed by atoms with Crippen molar-refractivity contribution in [2.45, 2.75) is 90.5 Å². The quantitative estimate of drug-likeness (QED) is 0.202. The summed E-state index contributed by atoms with van der Waals surface area (Å²) >= 11 is 0. The van der Waals surface area contributed by atoms with Crippen molar-refractivity contribution in [3.05, 3.63) is 60.4 Å². The Kier molecular flexibility index (Phi) is 14.7. The minimum absolute atomic E-state index is 0.212. The van der Waals surface area contributed by atoms with E-state index < -0.39 is 11.2 Å². The number of carbonyl (C=O) groups excluding carboxylic acids is 2. The number of hydrogen-bond donors (Lipinski definition) is 2. The molecule has 2 aromatic heterocycles. The van der Waals surface area contributed by atoms with Crippen LogP contribution in [0.3, 0.4) is 0 Å². The van der Waals surface area contributed by atoms with E-state index >= 15 is 0 Å². The van der Waals surface area contributed by atoms with Crippen LogP contribution in [0, 0.1) is 0 Å². The summed E-state index contributed by atoms with van der Waals surface area (Å²) in [5.41, 5.74) is 3.75. The molecule has 2 bridgehead atoms. The van der Waals surface area contributed by atoms with Crippen LogP contribution in [-0.2, 0) is 28.4 Å². The van der Waals surface area contributed by atoms with Gasteiger partial charge in [-0.1, -0.05) is 12.1 Å². The lowest BCUT2D eigenvalue weighted by atomic mass is 9.99. The highest BCUT2D eigenvalue weighted by molar-refractivity contribution is 5.80. The van der Waals surface area contributed by atoms with Crippen LogP contribution in [0.15, 0.2) is 48.8 Å². The molecule has 2 saturated heterocycles. The number of nitrogens with zero attached hydrogens (tertiary/aromatic N) is 4. The molecule has 16 nitrogen and oxygen atoms in total.